The first kappa shape index (κ1) is 21.0. The van der Waals surface area contributed by atoms with Crippen LogP contribution in [0, 0.1) is 0 Å². The van der Waals surface area contributed by atoms with E-state index in [9.17, 15) is 9.59 Å². The third kappa shape index (κ3) is 5.22. The molecule has 1 N–H and O–H groups in total. The van der Waals surface area contributed by atoms with Crippen LogP contribution in [0.3, 0.4) is 0 Å². The number of amides is 1. The maximum absolute atomic E-state index is 12.3. The first-order valence-corrected chi connectivity index (χ1v) is 9.40. The third-order valence-corrected chi connectivity index (χ3v) is 4.20. The second-order valence-electron chi connectivity index (χ2n) is 6.31. The van der Waals surface area contributed by atoms with Gasteiger partial charge in [-0.25, -0.2) is 4.79 Å². The van der Waals surface area contributed by atoms with Crippen molar-refractivity contribution in [1.29, 1.82) is 0 Å². The van der Waals surface area contributed by atoms with E-state index in [0.29, 0.717) is 35.3 Å². The Bertz CT molecular complexity index is 954. The van der Waals surface area contributed by atoms with Gasteiger partial charge in [-0.15, -0.1) is 0 Å². The zero-order valence-corrected chi connectivity index (χ0v) is 17.0. The number of nitrogens with one attached hydrogen (secondary N) is 1. The number of fused-ring (bicyclic) bond motifs is 1. The van der Waals surface area contributed by atoms with Crippen molar-refractivity contribution in [1.82, 2.24) is 0 Å². The van der Waals surface area contributed by atoms with Gasteiger partial charge in [0.15, 0.2) is 29.1 Å². The molecule has 3 rings (SSSR count). The van der Waals surface area contributed by atoms with Crippen molar-refractivity contribution in [2.75, 3.05) is 25.8 Å². The largest absolute Gasteiger partial charge is 0.493 e. The summed E-state index contributed by atoms with van der Waals surface area (Å²) in [6, 6.07) is 10.3. The highest BCUT2D eigenvalue weighted by molar-refractivity contribution is 5.96. The Morgan fingerprint density at radius 1 is 1.13 bits per heavy atom. The number of esters is 1. The molecule has 0 fully saturated rings. The van der Waals surface area contributed by atoms with Crippen LogP contribution in [0.25, 0.3) is 6.08 Å². The molecule has 8 nitrogen and oxygen atoms in total. The van der Waals surface area contributed by atoms with E-state index < -0.39 is 18.0 Å². The van der Waals surface area contributed by atoms with E-state index in [2.05, 4.69) is 5.32 Å². The van der Waals surface area contributed by atoms with E-state index in [0.717, 1.165) is 5.56 Å². The van der Waals surface area contributed by atoms with E-state index in [1.54, 1.807) is 49.6 Å². The normalized spacial score (nSPS) is 13.0. The topological polar surface area (TPSA) is 92.3 Å². The minimum Gasteiger partial charge on any atom is -0.493 e. The van der Waals surface area contributed by atoms with Crippen LogP contribution in [0.1, 0.15) is 19.4 Å². The minimum absolute atomic E-state index is 0.146. The molecule has 1 unspecified atom stereocenters. The summed E-state index contributed by atoms with van der Waals surface area (Å²) in [7, 11) is 1.54. The number of methoxy groups -OCH3 is 1. The Morgan fingerprint density at radius 3 is 2.70 bits per heavy atom. The summed E-state index contributed by atoms with van der Waals surface area (Å²) >= 11 is 0. The van der Waals surface area contributed by atoms with Crippen LogP contribution in [0.5, 0.6) is 23.0 Å². The molecule has 8 heteroatoms. The molecule has 0 radical (unpaired) electrons. The van der Waals surface area contributed by atoms with Crippen LogP contribution >= 0.6 is 0 Å². The Morgan fingerprint density at radius 2 is 1.93 bits per heavy atom. The van der Waals surface area contributed by atoms with E-state index in [-0.39, 0.29) is 6.79 Å². The summed E-state index contributed by atoms with van der Waals surface area (Å²) in [5.74, 6) is 1.24. The van der Waals surface area contributed by atoms with Gasteiger partial charge in [0.25, 0.3) is 5.91 Å². The number of benzene rings is 2. The molecular formula is C22H23NO7. The van der Waals surface area contributed by atoms with Crippen molar-refractivity contribution >= 4 is 23.6 Å². The van der Waals surface area contributed by atoms with Crippen LogP contribution in [0.4, 0.5) is 5.69 Å². The number of hydrogen-bond donors (Lipinski definition) is 1. The molecule has 30 heavy (non-hydrogen) atoms. The van der Waals surface area contributed by atoms with Gasteiger partial charge in [0, 0.05) is 17.8 Å². The monoisotopic (exact) mass is 413 g/mol. The van der Waals surface area contributed by atoms with Crippen molar-refractivity contribution in [2.24, 2.45) is 0 Å². The molecule has 0 aromatic heterocycles. The number of carbonyl (C=O) groups excluding carboxylic acids is 2. The third-order valence-electron chi connectivity index (χ3n) is 4.20. The number of ether oxygens (including phenoxy) is 5. The standard InChI is InChI=1S/C22H23NO7/c1-4-27-17-8-5-15(11-19(17)26-3)6-10-21(24)30-14(2)22(25)23-16-7-9-18-20(12-16)29-13-28-18/h5-12,14H,4,13H2,1-3H3,(H,23,25)/b10-6+. The first-order chi connectivity index (χ1) is 14.5. The van der Waals surface area contributed by atoms with Crippen LogP contribution in [0.2, 0.25) is 0 Å². The summed E-state index contributed by atoms with van der Waals surface area (Å²) in [5.41, 5.74) is 1.24. The second kappa shape index (κ2) is 9.69. The predicted molar refractivity (Wildman–Crippen MR) is 110 cm³/mol. The van der Waals surface area contributed by atoms with Gasteiger partial charge in [-0.1, -0.05) is 6.07 Å². The van der Waals surface area contributed by atoms with Gasteiger partial charge in [-0.05, 0) is 49.8 Å². The Kier molecular flexibility index (Phi) is 6.79. The zero-order chi connectivity index (χ0) is 21.5. The van der Waals surface area contributed by atoms with Gasteiger partial charge < -0.3 is 29.0 Å². The van der Waals surface area contributed by atoms with Gasteiger partial charge in [-0.3, -0.25) is 4.79 Å². The number of rotatable bonds is 8. The van der Waals surface area contributed by atoms with E-state index >= 15 is 0 Å². The second-order valence-corrected chi connectivity index (χ2v) is 6.31. The van der Waals surface area contributed by atoms with Crippen molar-refractivity contribution in [3.8, 4) is 23.0 Å². The smallest absolute Gasteiger partial charge is 0.331 e. The van der Waals surface area contributed by atoms with Crippen LogP contribution in [-0.4, -0.2) is 38.5 Å². The Labute approximate surface area is 174 Å². The van der Waals surface area contributed by atoms with E-state index in [4.69, 9.17) is 23.7 Å². The zero-order valence-electron chi connectivity index (χ0n) is 17.0. The SMILES string of the molecule is CCOc1ccc(/C=C/C(=O)OC(C)C(=O)Nc2ccc3c(c2)OCO3)cc1OC. The fourth-order valence-corrected chi connectivity index (χ4v) is 2.71. The summed E-state index contributed by atoms with van der Waals surface area (Å²) < 4.78 is 26.4. The van der Waals surface area contributed by atoms with E-state index in [1.807, 2.05) is 6.92 Å². The molecule has 2 aromatic rings. The maximum Gasteiger partial charge on any atom is 0.331 e. The molecule has 1 amide bonds. The molecule has 1 atom stereocenters. The van der Waals surface area contributed by atoms with Crippen molar-refractivity contribution in [3.05, 3.63) is 48.0 Å². The summed E-state index contributed by atoms with van der Waals surface area (Å²) in [6.07, 6.45) is 1.84. The summed E-state index contributed by atoms with van der Waals surface area (Å²) in [4.78, 5) is 24.4. The van der Waals surface area contributed by atoms with Gasteiger partial charge in [-0.2, -0.15) is 0 Å². The molecule has 0 bridgehead atoms. The van der Waals surface area contributed by atoms with Crippen molar-refractivity contribution < 1.29 is 33.3 Å². The fraction of sp³-hybridized carbons (Fsp3) is 0.273. The lowest BCUT2D eigenvalue weighted by Gasteiger charge is -2.12. The van der Waals surface area contributed by atoms with Gasteiger partial charge in [0.05, 0.1) is 13.7 Å². The van der Waals surface area contributed by atoms with E-state index in [1.165, 1.54) is 13.0 Å². The Hall–Kier alpha value is -3.68. The predicted octanol–water partition coefficient (Wildman–Crippen LogP) is 3.41. The highest BCUT2D eigenvalue weighted by atomic mass is 16.7. The quantitative estimate of drug-likeness (QED) is 0.524. The average molecular weight is 413 g/mol. The lowest BCUT2D eigenvalue weighted by atomic mass is 10.2. The minimum atomic E-state index is -0.984. The van der Waals surface area contributed by atoms with Gasteiger partial charge in [0.1, 0.15) is 0 Å². The first-order valence-electron chi connectivity index (χ1n) is 9.40. The van der Waals surface area contributed by atoms with Gasteiger partial charge >= 0.3 is 5.97 Å². The van der Waals surface area contributed by atoms with Crippen LogP contribution in [-0.2, 0) is 14.3 Å². The molecule has 0 saturated carbocycles. The highest BCUT2D eigenvalue weighted by Gasteiger charge is 2.19. The highest BCUT2D eigenvalue weighted by Crippen LogP contribution is 2.34. The lowest BCUT2D eigenvalue weighted by Crippen LogP contribution is -2.29. The summed E-state index contributed by atoms with van der Waals surface area (Å²) in [5, 5.41) is 2.68. The molecule has 0 aliphatic carbocycles. The number of hydrogen-bond acceptors (Lipinski definition) is 7. The molecule has 1 heterocycles. The Balaban J connectivity index is 1.55. The van der Waals surface area contributed by atoms with Crippen LogP contribution < -0.4 is 24.3 Å². The molecule has 0 saturated heterocycles. The molecule has 158 valence electrons. The average Bonchev–Trinajstić information content (AvgIpc) is 3.21. The number of carbonyl (C=O) groups is 2. The molecular weight excluding hydrogens is 390 g/mol. The van der Waals surface area contributed by atoms with Crippen molar-refractivity contribution in [3.63, 3.8) is 0 Å². The molecule has 1 aliphatic rings. The summed E-state index contributed by atoms with van der Waals surface area (Å²) in [6.45, 7) is 4.04. The molecule has 1 aliphatic heterocycles. The van der Waals surface area contributed by atoms with Gasteiger partial charge in [0.2, 0.25) is 6.79 Å². The lowest BCUT2D eigenvalue weighted by molar-refractivity contribution is -0.148. The molecule has 0 spiro atoms. The molecule has 2 aromatic carbocycles. The number of anilines is 1. The fourth-order valence-electron chi connectivity index (χ4n) is 2.71. The van der Waals surface area contributed by atoms with Crippen molar-refractivity contribution in [2.45, 2.75) is 20.0 Å². The van der Waals surface area contributed by atoms with Crippen LogP contribution in [0.15, 0.2) is 42.5 Å². The maximum atomic E-state index is 12.3.